The van der Waals surface area contributed by atoms with Gasteiger partial charge in [-0.3, -0.25) is 0 Å². The van der Waals surface area contributed by atoms with Crippen LogP contribution in [0.15, 0.2) is 12.1 Å². The van der Waals surface area contributed by atoms with Crippen molar-refractivity contribution in [1.29, 1.82) is 0 Å². The summed E-state index contributed by atoms with van der Waals surface area (Å²) < 4.78 is 0. The highest BCUT2D eigenvalue weighted by atomic mass is 15.2. The molecule has 1 N–H and O–H groups in total. The van der Waals surface area contributed by atoms with Crippen LogP contribution in [-0.4, -0.2) is 24.6 Å². The molecular formula is C15H25N3. The minimum Gasteiger partial charge on any atom is -0.357 e. The van der Waals surface area contributed by atoms with E-state index in [-0.39, 0.29) is 0 Å². The Kier molecular flexibility index (Phi) is 4.23. The number of aromatic nitrogens is 1. The fourth-order valence-electron chi connectivity index (χ4n) is 2.09. The van der Waals surface area contributed by atoms with E-state index < -0.39 is 0 Å². The van der Waals surface area contributed by atoms with E-state index in [4.69, 9.17) is 4.98 Å². The first-order valence-electron chi connectivity index (χ1n) is 7.06. The highest BCUT2D eigenvalue weighted by molar-refractivity contribution is 5.44. The largest absolute Gasteiger partial charge is 0.357 e. The van der Waals surface area contributed by atoms with Gasteiger partial charge in [0, 0.05) is 25.3 Å². The lowest BCUT2D eigenvalue weighted by molar-refractivity contribution is 0.718. The highest BCUT2D eigenvalue weighted by Gasteiger charge is 2.27. The summed E-state index contributed by atoms with van der Waals surface area (Å²) in [6.45, 7) is 8.50. The third kappa shape index (κ3) is 3.22. The van der Waals surface area contributed by atoms with Crippen molar-refractivity contribution in [3.8, 4) is 0 Å². The summed E-state index contributed by atoms with van der Waals surface area (Å²) in [7, 11) is 2.17. The summed E-state index contributed by atoms with van der Waals surface area (Å²) in [5.41, 5.74) is 2.55. The number of nitrogens with one attached hydrogen (secondary N) is 1. The average molecular weight is 247 g/mol. The summed E-state index contributed by atoms with van der Waals surface area (Å²) in [5, 5.41) is 3.40. The molecule has 0 amide bonds. The third-order valence-electron chi connectivity index (χ3n) is 3.52. The van der Waals surface area contributed by atoms with Crippen molar-refractivity contribution in [3.63, 3.8) is 0 Å². The Balaban J connectivity index is 2.23. The van der Waals surface area contributed by atoms with E-state index in [9.17, 15) is 0 Å². The molecule has 0 unspecified atom stereocenters. The fraction of sp³-hybridized carbons (Fsp3) is 0.667. The van der Waals surface area contributed by atoms with E-state index in [1.165, 1.54) is 24.1 Å². The van der Waals surface area contributed by atoms with Gasteiger partial charge in [-0.1, -0.05) is 20.8 Å². The van der Waals surface area contributed by atoms with Crippen molar-refractivity contribution >= 4 is 5.82 Å². The SMILES string of the molecule is CCNCc1cc(C(C)C)nc(N(C)C2CC2)c1. The number of hydrogen-bond acceptors (Lipinski definition) is 3. The molecule has 1 fully saturated rings. The van der Waals surface area contributed by atoms with Crippen LogP contribution in [0.5, 0.6) is 0 Å². The molecule has 1 aromatic heterocycles. The van der Waals surface area contributed by atoms with Crippen molar-refractivity contribution in [2.45, 2.75) is 52.1 Å². The van der Waals surface area contributed by atoms with Crippen molar-refractivity contribution in [3.05, 3.63) is 23.4 Å². The van der Waals surface area contributed by atoms with Crippen LogP contribution >= 0.6 is 0 Å². The smallest absolute Gasteiger partial charge is 0.129 e. The molecule has 1 aliphatic rings. The second kappa shape index (κ2) is 5.70. The van der Waals surface area contributed by atoms with Gasteiger partial charge in [0.15, 0.2) is 0 Å². The van der Waals surface area contributed by atoms with Gasteiger partial charge < -0.3 is 10.2 Å². The Morgan fingerprint density at radius 2 is 2.11 bits per heavy atom. The fourth-order valence-corrected chi connectivity index (χ4v) is 2.09. The van der Waals surface area contributed by atoms with E-state index in [1.54, 1.807) is 0 Å². The number of pyridine rings is 1. The van der Waals surface area contributed by atoms with Crippen LogP contribution in [0.4, 0.5) is 5.82 Å². The van der Waals surface area contributed by atoms with Gasteiger partial charge >= 0.3 is 0 Å². The van der Waals surface area contributed by atoms with Crippen LogP contribution in [0.1, 0.15) is 50.8 Å². The topological polar surface area (TPSA) is 28.2 Å². The molecule has 18 heavy (non-hydrogen) atoms. The zero-order valence-electron chi connectivity index (χ0n) is 12.0. The lowest BCUT2D eigenvalue weighted by Crippen LogP contribution is -2.22. The van der Waals surface area contributed by atoms with Crippen LogP contribution in [0.3, 0.4) is 0 Å². The van der Waals surface area contributed by atoms with E-state index in [2.05, 4.69) is 50.2 Å². The minimum absolute atomic E-state index is 0.484. The van der Waals surface area contributed by atoms with Crippen LogP contribution < -0.4 is 10.2 Å². The van der Waals surface area contributed by atoms with Gasteiger partial charge in [-0.05, 0) is 43.0 Å². The Morgan fingerprint density at radius 3 is 2.67 bits per heavy atom. The molecule has 0 aromatic carbocycles. The molecule has 1 aromatic rings. The van der Waals surface area contributed by atoms with E-state index in [1.807, 2.05) is 0 Å². The molecule has 0 bridgehead atoms. The zero-order chi connectivity index (χ0) is 13.1. The first kappa shape index (κ1) is 13.3. The summed E-state index contributed by atoms with van der Waals surface area (Å²) in [5.74, 6) is 1.62. The number of anilines is 1. The van der Waals surface area contributed by atoms with Crippen molar-refractivity contribution < 1.29 is 0 Å². The third-order valence-corrected chi connectivity index (χ3v) is 3.52. The lowest BCUT2D eigenvalue weighted by Gasteiger charge is -2.20. The molecule has 0 aliphatic heterocycles. The molecule has 0 radical (unpaired) electrons. The highest BCUT2D eigenvalue weighted by Crippen LogP contribution is 2.30. The average Bonchev–Trinajstić information content (AvgIpc) is 3.19. The van der Waals surface area contributed by atoms with E-state index in [0.29, 0.717) is 12.0 Å². The summed E-state index contributed by atoms with van der Waals surface area (Å²) in [6.07, 6.45) is 2.62. The van der Waals surface area contributed by atoms with Crippen LogP contribution in [0, 0.1) is 0 Å². The molecule has 100 valence electrons. The van der Waals surface area contributed by atoms with Gasteiger partial charge in [0.2, 0.25) is 0 Å². The molecule has 1 aliphatic carbocycles. The molecular weight excluding hydrogens is 222 g/mol. The number of hydrogen-bond donors (Lipinski definition) is 1. The van der Waals surface area contributed by atoms with Gasteiger partial charge in [0.05, 0.1) is 0 Å². The predicted molar refractivity (Wildman–Crippen MR) is 77.1 cm³/mol. The molecule has 0 atom stereocenters. The van der Waals surface area contributed by atoms with Gasteiger partial charge in [0.25, 0.3) is 0 Å². The maximum Gasteiger partial charge on any atom is 0.129 e. The second-order valence-corrected chi connectivity index (χ2v) is 5.54. The van der Waals surface area contributed by atoms with Crippen LogP contribution in [0.25, 0.3) is 0 Å². The van der Waals surface area contributed by atoms with Crippen molar-refractivity contribution in [2.75, 3.05) is 18.5 Å². The van der Waals surface area contributed by atoms with Crippen LogP contribution in [0.2, 0.25) is 0 Å². The Hall–Kier alpha value is -1.09. The first-order valence-corrected chi connectivity index (χ1v) is 7.06. The second-order valence-electron chi connectivity index (χ2n) is 5.54. The monoisotopic (exact) mass is 247 g/mol. The van der Waals surface area contributed by atoms with E-state index >= 15 is 0 Å². The number of nitrogens with zero attached hydrogens (tertiary/aromatic N) is 2. The Labute approximate surface area is 111 Å². The Morgan fingerprint density at radius 1 is 1.39 bits per heavy atom. The van der Waals surface area contributed by atoms with Crippen LogP contribution in [-0.2, 0) is 6.54 Å². The normalized spacial score (nSPS) is 15.2. The molecule has 0 saturated heterocycles. The summed E-state index contributed by atoms with van der Waals surface area (Å²) >= 11 is 0. The quantitative estimate of drug-likeness (QED) is 0.838. The van der Waals surface area contributed by atoms with Gasteiger partial charge in [-0.15, -0.1) is 0 Å². The molecule has 0 spiro atoms. The molecule has 3 nitrogen and oxygen atoms in total. The first-order chi connectivity index (χ1) is 8.61. The minimum atomic E-state index is 0.484. The molecule has 1 saturated carbocycles. The Bertz CT molecular complexity index is 397. The number of rotatable bonds is 6. The summed E-state index contributed by atoms with van der Waals surface area (Å²) in [6, 6.07) is 5.18. The van der Waals surface area contributed by atoms with Crippen molar-refractivity contribution in [2.24, 2.45) is 0 Å². The maximum absolute atomic E-state index is 4.80. The van der Waals surface area contributed by atoms with Crippen molar-refractivity contribution in [1.82, 2.24) is 10.3 Å². The van der Waals surface area contributed by atoms with Gasteiger partial charge in [-0.2, -0.15) is 0 Å². The summed E-state index contributed by atoms with van der Waals surface area (Å²) in [4.78, 5) is 7.13. The lowest BCUT2D eigenvalue weighted by atomic mass is 10.1. The predicted octanol–water partition coefficient (Wildman–Crippen LogP) is 2.91. The zero-order valence-corrected chi connectivity index (χ0v) is 12.0. The van der Waals surface area contributed by atoms with E-state index in [0.717, 1.165) is 18.9 Å². The molecule has 3 heteroatoms. The van der Waals surface area contributed by atoms with Gasteiger partial charge in [0.1, 0.15) is 5.82 Å². The molecule has 1 heterocycles. The maximum atomic E-state index is 4.80. The standard InChI is InChI=1S/C15H25N3/c1-5-16-10-12-8-14(11(2)3)17-15(9-12)18(4)13-6-7-13/h8-9,11,13,16H,5-7,10H2,1-4H3. The van der Waals surface area contributed by atoms with Gasteiger partial charge in [-0.25, -0.2) is 4.98 Å². The molecule has 2 rings (SSSR count).